The van der Waals surface area contributed by atoms with Crippen LogP contribution >= 0.6 is 0 Å². The van der Waals surface area contributed by atoms with Crippen LogP contribution in [0, 0.1) is 0 Å². The van der Waals surface area contributed by atoms with Gasteiger partial charge in [0.2, 0.25) is 0 Å². The molecular weight excluding hydrogens is 264 g/mol. The normalized spacial score (nSPS) is 20.0. The molecule has 1 saturated heterocycles. The fourth-order valence-electron chi connectivity index (χ4n) is 2.79. The van der Waals surface area contributed by atoms with Crippen molar-refractivity contribution < 1.29 is 9.84 Å². The second-order valence-corrected chi connectivity index (χ2v) is 5.80. The lowest BCUT2D eigenvalue weighted by molar-refractivity contribution is 0.00961. The highest BCUT2D eigenvalue weighted by atomic mass is 16.5. The molecule has 1 aliphatic rings. The first kappa shape index (κ1) is 16.4. The van der Waals surface area contributed by atoms with E-state index in [9.17, 15) is 5.11 Å². The monoisotopic (exact) mass is 292 g/mol. The highest BCUT2D eigenvalue weighted by Gasteiger charge is 2.18. The summed E-state index contributed by atoms with van der Waals surface area (Å²) in [6, 6.07) is 10.7. The van der Waals surface area contributed by atoms with Gasteiger partial charge in [-0.1, -0.05) is 37.3 Å². The van der Waals surface area contributed by atoms with Gasteiger partial charge in [0.15, 0.2) is 0 Å². The van der Waals surface area contributed by atoms with E-state index in [1.54, 1.807) is 0 Å². The second-order valence-electron chi connectivity index (χ2n) is 5.80. The Labute approximate surface area is 128 Å². The first-order valence-corrected chi connectivity index (χ1v) is 8.03. The molecule has 4 heteroatoms. The fraction of sp³-hybridized carbons (Fsp3) is 0.647. The molecular formula is C17H28N2O2. The van der Waals surface area contributed by atoms with E-state index in [0.717, 1.165) is 25.2 Å². The van der Waals surface area contributed by atoms with Crippen LogP contribution < -0.4 is 5.32 Å². The van der Waals surface area contributed by atoms with Gasteiger partial charge >= 0.3 is 0 Å². The number of aliphatic hydroxyl groups is 1. The minimum absolute atomic E-state index is 0.392. The minimum Gasteiger partial charge on any atom is -0.389 e. The summed E-state index contributed by atoms with van der Waals surface area (Å²) in [4.78, 5) is 2.31. The molecule has 0 bridgehead atoms. The van der Waals surface area contributed by atoms with Crippen molar-refractivity contribution >= 4 is 0 Å². The Balaban J connectivity index is 1.63. The zero-order valence-electron chi connectivity index (χ0n) is 13.0. The first-order chi connectivity index (χ1) is 10.3. The van der Waals surface area contributed by atoms with Crippen LogP contribution in [0.1, 0.15) is 25.3 Å². The van der Waals surface area contributed by atoms with E-state index in [1.165, 1.54) is 12.8 Å². The standard InChI is InChI=1S/C17H28N2O2/c1-2-19(11-16-9-6-10-18-16)12-17(20)14-21-13-15-7-4-3-5-8-15/h3-5,7-8,16-18,20H,2,6,9-14H2,1H3. The predicted molar refractivity (Wildman–Crippen MR) is 85.2 cm³/mol. The molecule has 0 amide bonds. The van der Waals surface area contributed by atoms with Crippen LogP contribution in [-0.2, 0) is 11.3 Å². The molecule has 0 saturated carbocycles. The summed E-state index contributed by atoms with van der Waals surface area (Å²) in [5, 5.41) is 13.6. The quantitative estimate of drug-likeness (QED) is 0.726. The van der Waals surface area contributed by atoms with Gasteiger partial charge in [-0.05, 0) is 31.5 Å². The summed E-state index contributed by atoms with van der Waals surface area (Å²) in [6.45, 7) is 6.90. The molecule has 1 aromatic rings. The van der Waals surface area contributed by atoms with Crippen molar-refractivity contribution in [1.29, 1.82) is 0 Å². The van der Waals surface area contributed by atoms with Crippen LogP contribution in [0.4, 0.5) is 0 Å². The zero-order valence-corrected chi connectivity index (χ0v) is 13.0. The van der Waals surface area contributed by atoms with E-state index in [2.05, 4.69) is 17.1 Å². The number of hydrogen-bond acceptors (Lipinski definition) is 4. The molecule has 2 N–H and O–H groups in total. The Morgan fingerprint density at radius 1 is 1.38 bits per heavy atom. The molecule has 1 aromatic carbocycles. The molecule has 0 spiro atoms. The van der Waals surface area contributed by atoms with Crippen LogP contribution in [0.5, 0.6) is 0 Å². The third-order valence-electron chi connectivity index (χ3n) is 3.98. The first-order valence-electron chi connectivity index (χ1n) is 8.03. The van der Waals surface area contributed by atoms with Gasteiger partial charge in [-0.25, -0.2) is 0 Å². The Hall–Kier alpha value is -0.940. The van der Waals surface area contributed by atoms with Crippen LogP contribution in [0.25, 0.3) is 0 Å². The van der Waals surface area contributed by atoms with E-state index >= 15 is 0 Å². The minimum atomic E-state index is -0.421. The number of rotatable bonds is 9. The number of ether oxygens (including phenoxy) is 1. The van der Waals surface area contributed by atoms with Gasteiger partial charge in [-0.15, -0.1) is 0 Å². The Morgan fingerprint density at radius 2 is 2.19 bits per heavy atom. The van der Waals surface area contributed by atoms with Crippen molar-refractivity contribution in [3.8, 4) is 0 Å². The average molecular weight is 292 g/mol. The van der Waals surface area contributed by atoms with Gasteiger partial charge in [0.05, 0.1) is 19.3 Å². The smallest absolute Gasteiger partial charge is 0.0900 e. The molecule has 4 nitrogen and oxygen atoms in total. The summed E-state index contributed by atoms with van der Waals surface area (Å²) in [7, 11) is 0. The summed E-state index contributed by atoms with van der Waals surface area (Å²) in [5.74, 6) is 0. The van der Waals surface area contributed by atoms with Gasteiger partial charge in [0, 0.05) is 19.1 Å². The molecule has 21 heavy (non-hydrogen) atoms. The van der Waals surface area contributed by atoms with Gasteiger partial charge in [-0.2, -0.15) is 0 Å². The molecule has 118 valence electrons. The molecule has 1 fully saturated rings. The third-order valence-corrected chi connectivity index (χ3v) is 3.98. The number of nitrogens with zero attached hydrogens (tertiary/aromatic N) is 1. The fourth-order valence-corrected chi connectivity index (χ4v) is 2.79. The SMILES string of the molecule is CCN(CC(O)COCc1ccccc1)CC1CCCN1. The summed E-state index contributed by atoms with van der Waals surface area (Å²) < 4.78 is 5.60. The van der Waals surface area contributed by atoms with Crippen molar-refractivity contribution in [1.82, 2.24) is 10.2 Å². The molecule has 0 radical (unpaired) electrons. The summed E-state index contributed by atoms with van der Waals surface area (Å²) in [5.41, 5.74) is 1.15. The number of nitrogens with one attached hydrogen (secondary N) is 1. The van der Waals surface area contributed by atoms with Gasteiger partial charge < -0.3 is 15.2 Å². The van der Waals surface area contributed by atoms with Crippen LogP contribution in [0.15, 0.2) is 30.3 Å². The highest BCUT2D eigenvalue weighted by molar-refractivity contribution is 5.13. The Morgan fingerprint density at radius 3 is 2.86 bits per heavy atom. The lowest BCUT2D eigenvalue weighted by Gasteiger charge is -2.26. The van der Waals surface area contributed by atoms with E-state index < -0.39 is 6.10 Å². The third kappa shape index (κ3) is 6.14. The van der Waals surface area contributed by atoms with Crippen molar-refractivity contribution in [3.05, 3.63) is 35.9 Å². The maximum absolute atomic E-state index is 10.1. The zero-order chi connectivity index (χ0) is 14.9. The van der Waals surface area contributed by atoms with Crippen molar-refractivity contribution in [2.45, 2.75) is 38.5 Å². The average Bonchev–Trinajstić information content (AvgIpc) is 3.00. The van der Waals surface area contributed by atoms with Crippen LogP contribution in [0.2, 0.25) is 0 Å². The number of hydrogen-bond donors (Lipinski definition) is 2. The molecule has 1 heterocycles. The van der Waals surface area contributed by atoms with Crippen LogP contribution in [-0.4, -0.2) is 54.9 Å². The van der Waals surface area contributed by atoms with Crippen molar-refractivity contribution in [3.63, 3.8) is 0 Å². The topological polar surface area (TPSA) is 44.7 Å². The van der Waals surface area contributed by atoms with E-state index in [4.69, 9.17) is 4.74 Å². The largest absolute Gasteiger partial charge is 0.389 e. The lowest BCUT2D eigenvalue weighted by atomic mass is 10.2. The lowest BCUT2D eigenvalue weighted by Crippen LogP contribution is -2.42. The summed E-state index contributed by atoms with van der Waals surface area (Å²) in [6.07, 6.45) is 2.09. The maximum Gasteiger partial charge on any atom is 0.0900 e. The molecule has 2 unspecified atom stereocenters. The maximum atomic E-state index is 10.1. The van der Waals surface area contributed by atoms with E-state index in [1.807, 2.05) is 30.3 Å². The Bertz CT molecular complexity index is 380. The molecule has 1 aliphatic heterocycles. The summed E-state index contributed by atoms with van der Waals surface area (Å²) >= 11 is 0. The highest BCUT2D eigenvalue weighted by Crippen LogP contribution is 2.08. The van der Waals surface area contributed by atoms with Gasteiger partial charge in [-0.3, -0.25) is 4.90 Å². The second kappa shape index (κ2) is 9.15. The molecule has 0 aliphatic carbocycles. The Kier molecular flexibility index (Phi) is 7.16. The molecule has 2 rings (SSSR count). The number of benzene rings is 1. The van der Waals surface area contributed by atoms with Gasteiger partial charge in [0.25, 0.3) is 0 Å². The van der Waals surface area contributed by atoms with Gasteiger partial charge in [0.1, 0.15) is 0 Å². The van der Waals surface area contributed by atoms with Crippen LogP contribution in [0.3, 0.4) is 0 Å². The van der Waals surface area contributed by atoms with E-state index in [-0.39, 0.29) is 0 Å². The predicted octanol–water partition coefficient (Wildman–Crippen LogP) is 1.64. The van der Waals surface area contributed by atoms with E-state index in [0.29, 0.717) is 25.8 Å². The number of likely N-dealkylation sites (N-methyl/N-ethyl adjacent to an activating group) is 1. The molecule has 0 aromatic heterocycles. The van der Waals surface area contributed by atoms with Crippen molar-refractivity contribution in [2.24, 2.45) is 0 Å². The molecule has 2 atom stereocenters. The van der Waals surface area contributed by atoms with Crippen molar-refractivity contribution in [2.75, 3.05) is 32.8 Å². The number of aliphatic hydroxyl groups excluding tert-OH is 1.